The average Bonchev–Trinajstić information content (AvgIpc) is 2.33. The Balaban J connectivity index is 2.06. The number of anilines is 1. The molecule has 1 aromatic rings. The van der Waals surface area contributed by atoms with Crippen molar-refractivity contribution in [1.29, 1.82) is 0 Å². The number of benzene rings is 1. The molecule has 0 aliphatic rings. The van der Waals surface area contributed by atoms with Crippen molar-refractivity contribution in [3.8, 4) is 0 Å². The monoisotopic (exact) mass is 223 g/mol. The fraction of sp³-hybridized carbons (Fsp3) is 0.417. The first-order valence-corrected chi connectivity index (χ1v) is 5.26. The Labute approximate surface area is 95.6 Å². The lowest BCUT2D eigenvalue weighted by Crippen LogP contribution is -2.09. The van der Waals surface area contributed by atoms with E-state index in [0.717, 1.165) is 18.7 Å². The Morgan fingerprint density at radius 1 is 1.31 bits per heavy atom. The maximum Gasteiger partial charge on any atom is 0.307 e. The minimum atomic E-state index is -0.225. The third-order valence-electron chi connectivity index (χ3n) is 2.00. The summed E-state index contributed by atoms with van der Waals surface area (Å²) in [5.41, 5.74) is 1.06. The summed E-state index contributed by atoms with van der Waals surface area (Å²) in [6.07, 6.45) is 1.15. The minimum absolute atomic E-state index is 0.0327. The fourth-order valence-electron chi connectivity index (χ4n) is 1.22. The lowest BCUT2D eigenvalue weighted by atomic mass is 10.3. The van der Waals surface area contributed by atoms with Gasteiger partial charge in [0.2, 0.25) is 0 Å². The highest BCUT2D eigenvalue weighted by Gasteiger charge is 2.01. The van der Waals surface area contributed by atoms with Crippen LogP contribution in [0.1, 0.15) is 12.8 Å². The van der Waals surface area contributed by atoms with E-state index in [2.05, 4.69) is 10.1 Å². The second-order valence-electron chi connectivity index (χ2n) is 3.32. The van der Waals surface area contributed by atoms with E-state index in [9.17, 15) is 4.79 Å². The van der Waals surface area contributed by atoms with Crippen LogP contribution in [0.2, 0.25) is 0 Å². The van der Waals surface area contributed by atoms with Crippen LogP contribution in [-0.4, -0.2) is 26.4 Å². The Morgan fingerprint density at radius 3 is 2.75 bits per heavy atom. The zero-order valence-corrected chi connectivity index (χ0v) is 9.44. The first-order chi connectivity index (χ1) is 7.83. The predicted octanol–water partition coefficient (Wildman–Crippen LogP) is 2.03. The Bertz CT molecular complexity index is 300. The molecular formula is C12H17NO3. The molecule has 0 saturated heterocycles. The van der Waals surface area contributed by atoms with Gasteiger partial charge in [0.15, 0.2) is 6.79 Å². The number of ether oxygens (including phenoxy) is 2. The third kappa shape index (κ3) is 5.36. The molecule has 1 rings (SSSR count). The summed E-state index contributed by atoms with van der Waals surface area (Å²) >= 11 is 0. The molecule has 4 heteroatoms. The van der Waals surface area contributed by atoms with Crippen molar-refractivity contribution in [1.82, 2.24) is 0 Å². The van der Waals surface area contributed by atoms with Gasteiger partial charge in [0, 0.05) is 25.8 Å². The van der Waals surface area contributed by atoms with Crippen LogP contribution in [0.25, 0.3) is 0 Å². The largest absolute Gasteiger partial charge is 0.438 e. The Morgan fingerprint density at radius 2 is 2.06 bits per heavy atom. The molecule has 0 atom stereocenters. The maximum atomic E-state index is 11.1. The van der Waals surface area contributed by atoms with E-state index in [-0.39, 0.29) is 12.8 Å². The van der Waals surface area contributed by atoms with Crippen molar-refractivity contribution in [2.24, 2.45) is 0 Å². The number of hydrogen-bond donors (Lipinski definition) is 1. The van der Waals surface area contributed by atoms with Crippen molar-refractivity contribution < 1.29 is 14.3 Å². The SMILES string of the molecule is COCOC(=O)CCCNc1ccccc1. The highest BCUT2D eigenvalue weighted by Crippen LogP contribution is 2.05. The minimum Gasteiger partial charge on any atom is -0.438 e. The molecule has 0 heterocycles. The molecule has 16 heavy (non-hydrogen) atoms. The summed E-state index contributed by atoms with van der Waals surface area (Å²) in [6.45, 7) is 0.789. The second kappa shape index (κ2) is 7.70. The zero-order valence-electron chi connectivity index (χ0n) is 9.44. The number of carbonyl (C=O) groups excluding carboxylic acids is 1. The van der Waals surface area contributed by atoms with Crippen LogP contribution >= 0.6 is 0 Å². The van der Waals surface area contributed by atoms with Crippen LogP contribution in [0.3, 0.4) is 0 Å². The number of hydrogen-bond acceptors (Lipinski definition) is 4. The van der Waals surface area contributed by atoms with Gasteiger partial charge in [-0.3, -0.25) is 4.79 Å². The standard InChI is InChI=1S/C12H17NO3/c1-15-10-16-12(14)8-5-9-13-11-6-3-2-4-7-11/h2-4,6-7,13H,5,8-10H2,1H3. The lowest BCUT2D eigenvalue weighted by Gasteiger charge is -2.06. The van der Waals surface area contributed by atoms with E-state index < -0.39 is 0 Å². The van der Waals surface area contributed by atoms with Gasteiger partial charge in [-0.05, 0) is 18.6 Å². The summed E-state index contributed by atoms with van der Waals surface area (Å²) in [4.78, 5) is 11.1. The molecule has 1 N–H and O–H groups in total. The number of para-hydroxylation sites is 1. The summed E-state index contributed by atoms with van der Waals surface area (Å²) in [6, 6.07) is 9.88. The Kier molecular flexibility index (Phi) is 6.03. The van der Waals surface area contributed by atoms with Gasteiger partial charge in [-0.1, -0.05) is 18.2 Å². The van der Waals surface area contributed by atoms with E-state index in [1.807, 2.05) is 30.3 Å². The second-order valence-corrected chi connectivity index (χ2v) is 3.32. The molecule has 0 aliphatic heterocycles. The van der Waals surface area contributed by atoms with E-state index in [1.165, 1.54) is 7.11 Å². The zero-order chi connectivity index (χ0) is 11.6. The molecule has 0 unspecified atom stereocenters. The molecule has 0 bridgehead atoms. The number of esters is 1. The molecule has 0 saturated carbocycles. The maximum absolute atomic E-state index is 11.1. The van der Waals surface area contributed by atoms with Crippen LogP contribution in [-0.2, 0) is 14.3 Å². The van der Waals surface area contributed by atoms with E-state index in [1.54, 1.807) is 0 Å². The lowest BCUT2D eigenvalue weighted by molar-refractivity contribution is -0.154. The average molecular weight is 223 g/mol. The van der Waals surface area contributed by atoms with Gasteiger partial charge in [-0.25, -0.2) is 0 Å². The van der Waals surface area contributed by atoms with Crippen molar-refractivity contribution in [3.05, 3.63) is 30.3 Å². The summed E-state index contributed by atoms with van der Waals surface area (Å²) in [5.74, 6) is -0.225. The molecule has 0 aliphatic carbocycles. The first-order valence-electron chi connectivity index (χ1n) is 5.26. The van der Waals surface area contributed by atoms with Crippen LogP contribution in [0.4, 0.5) is 5.69 Å². The van der Waals surface area contributed by atoms with Crippen molar-refractivity contribution >= 4 is 11.7 Å². The highest BCUT2D eigenvalue weighted by atomic mass is 16.7. The van der Waals surface area contributed by atoms with E-state index >= 15 is 0 Å². The highest BCUT2D eigenvalue weighted by molar-refractivity contribution is 5.69. The quantitative estimate of drug-likeness (QED) is 0.436. The summed E-state index contributed by atoms with van der Waals surface area (Å²) in [5, 5.41) is 3.22. The van der Waals surface area contributed by atoms with Crippen molar-refractivity contribution in [3.63, 3.8) is 0 Å². The molecule has 1 aromatic carbocycles. The van der Waals surface area contributed by atoms with Gasteiger partial charge in [0.25, 0.3) is 0 Å². The van der Waals surface area contributed by atoms with Crippen LogP contribution in [0.15, 0.2) is 30.3 Å². The van der Waals surface area contributed by atoms with Gasteiger partial charge in [0.1, 0.15) is 0 Å². The number of carbonyl (C=O) groups is 1. The fourth-order valence-corrected chi connectivity index (χ4v) is 1.22. The van der Waals surface area contributed by atoms with Crippen LogP contribution in [0, 0.1) is 0 Å². The molecule has 0 amide bonds. The van der Waals surface area contributed by atoms with Crippen LogP contribution < -0.4 is 5.32 Å². The van der Waals surface area contributed by atoms with E-state index in [4.69, 9.17) is 4.74 Å². The smallest absolute Gasteiger partial charge is 0.307 e. The molecule has 0 fully saturated rings. The number of rotatable bonds is 7. The molecule has 88 valence electrons. The molecule has 0 aromatic heterocycles. The molecule has 0 radical (unpaired) electrons. The Hall–Kier alpha value is -1.55. The number of nitrogens with one attached hydrogen (secondary N) is 1. The van der Waals surface area contributed by atoms with Crippen molar-refractivity contribution in [2.75, 3.05) is 25.8 Å². The van der Waals surface area contributed by atoms with Gasteiger partial charge in [-0.2, -0.15) is 0 Å². The first kappa shape index (κ1) is 12.5. The van der Waals surface area contributed by atoms with Gasteiger partial charge in [0.05, 0.1) is 0 Å². The van der Waals surface area contributed by atoms with Crippen molar-refractivity contribution in [2.45, 2.75) is 12.8 Å². The number of methoxy groups -OCH3 is 1. The van der Waals surface area contributed by atoms with Gasteiger partial charge >= 0.3 is 5.97 Å². The molecule has 0 spiro atoms. The summed E-state index contributed by atoms with van der Waals surface area (Å²) in [7, 11) is 1.49. The predicted molar refractivity (Wildman–Crippen MR) is 62.1 cm³/mol. The summed E-state index contributed by atoms with van der Waals surface area (Å²) < 4.78 is 9.38. The topological polar surface area (TPSA) is 47.6 Å². The van der Waals surface area contributed by atoms with Gasteiger partial charge in [-0.15, -0.1) is 0 Å². The molecular weight excluding hydrogens is 206 g/mol. The third-order valence-corrected chi connectivity index (χ3v) is 2.00. The van der Waals surface area contributed by atoms with Crippen LogP contribution in [0.5, 0.6) is 0 Å². The van der Waals surface area contributed by atoms with E-state index in [0.29, 0.717) is 6.42 Å². The molecule has 4 nitrogen and oxygen atoms in total. The van der Waals surface area contributed by atoms with Gasteiger partial charge < -0.3 is 14.8 Å². The normalized spacial score (nSPS) is 9.81.